The number of nitrogens with one attached hydrogen (secondary N) is 1. The van der Waals surface area contributed by atoms with E-state index in [1.54, 1.807) is 0 Å². The Balaban J connectivity index is 1.31. The topological polar surface area (TPSA) is 53.9 Å². The molecule has 2 bridgehead atoms. The number of likely N-dealkylation sites (tertiary alicyclic amines) is 1. The monoisotopic (exact) mass is 332 g/mol. The average molecular weight is 332 g/mol. The summed E-state index contributed by atoms with van der Waals surface area (Å²) in [4.78, 5) is 15.2. The Kier molecular flexibility index (Phi) is 3.03. The maximum atomic E-state index is 13.0. The lowest BCUT2D eigenvalue weighted by Crippen LogP contribution is -2.41. The predicted molar refractivity (Wildman–Crippen MR) is 88.2 cm³/mol. The van der Waals surface area contributed by atoms with E-state index in [2.05, 4.69) is 15.1 Å². The average Bonchev–Trinajstić information content (AvgIpc) is 2.83. The maximum absolute atomic E-state index is 13.0. The van der Waals surface area contributed by atoms with Crippen LogP contribution >= 0.6 is 12.2 Å². The lowest BCUT2D eigenvalue weighted by atomic mass is 9.95. The van der Waals surface area contributed by atoms with Gasteiger partial charge in [-0.1, -0.05) is 0 Å². The van der Waals surface area contributed by atoms with Gasteiger partial charge in [-0.25, -0.2) is 0 Å². The maximum Gasteiger partial charge on any atom is 0.226 e. The van der Waals surface area contributed by atoms with Crippen LogP contribution in [0.2, 0.25) is 0 Å². The number of hydrogen-bond donors (Lipinski definition) is 1. The first-order valence-corrected chi connectivity index (χ1v) is 9.46. The molecule has 5 nitrogen and oxygen atoms in total. The van der Waals surface area contributed by atoms with Gasteiger partial charge in [0.05, 0.1) is 0 Å². The Bertz CT molecular complexity index is 694. The summed E-state index contributed by atoms with van der Waals surface area (Å²) in [6.45, 7) is 1.74. The molecule has 124 valence electrons. The first-order valence-electron chi connectivity index (χ1n) is 9.05. The summed E-state index contributed by atoms with van der Waals surface area (Å²) in [6, 6.07) is 0. The number of piperidine rings is 1. The third-order valence-electron chi connectivity index (χ3n) is 7.03. The molecular formula is C17H24N4OS. The molecule has 1 aromatic rings. The zero-order valence-corrected chi connectivity index (χ0v) is 14.4. The lowest BCUT2D eigenvalue weighted by molar-refractivity contribution is -0.135. The van der Waals surface area contributed by atoms with Crippen LogP contribution in [-0.2, 0) is 11.8 Å². The predicted octanol–water partition coefficient (Wildman–Crippen LogP) is 2.48. The van der Waals surface area contributed by atoms with Crippen LogP contribution in [0.4, 0.5) is 0 Å². The van der Waals surface area contributed by atoms with Crippen molar-refractivity contribution in [1.82, 2.24) is 19.7 Å². The SMILES string of the molecule is Cn1c([C@H]2CCCN(C(=O)C3[C@@H]4[C@H]5CC[C@@H](C5)[C@H]34)C2)n[nH]c1=S. The normalized spacial score (nSPS) is 41.2. The van der Waals surface area contributed by atoms with E-state index in [4.69, 9.17) is 12.2 Å². The van der Waals surface area contributed by atoms with E-state index in [1.807, 2.05) is 11.6 Å². The van der Waals surface area contributed by atoms with E-state index in [9.17, 15) is 4.79 Å². The molecule has 1 aromatic heterocycles. The van der Waals surface area contributed by atoms with Crippen LogP contribution < -0.4 is 0 Å². The van der Waals surface area contributed by atoms with Crippen molar-refractivity contribution >= 4 is 18.1 Å². The van der Waals surface area contributed by atoms with Crippen LogP contribution in [0.1, 0.15) is 43.8 Å². The highest BCUT2D eigenvalue weighted by Gasteiger charge is 2.68. The van der Waals surface area contributed by atoms with Crippen LogP contribution in [0, 0.1) is 34.4 Å². The molecule has 5 rings (SSSR count). The smallest absolute Gasteiger partial charge is 0.226 e. The molecule has 6 atom stereocenters. The standard InChI is InChI=1S/C17H24N4OS/c1-20-15(18-19-17(20)23)11-3-2-6-21(8-11)16(22)14-12-9-4-5-10(7-9)13(12)14/h9-14H,2-8H2,1H3,(H,19,23)/t9-,10-,11-,12-,13+,14?/m0/s1. The van der Waals surface area contributed by atoms with Crippen LogP contribution in [0.3, 0.4) is 0 Å². The quantitative estimate of drug-likeness (QED) is 0.847. The molecule has 1 amide bonds. The van der Waals surface area contributed by atoms with Gasteiger partial charge in [-0.05, 0) is 68.0 Å². The minimum absolute atomic E-state index is 0.320. The number of H-pyrrole nitrogens is 1. The Hall–Kier alpha value is -1.17. The molecule has 0 spiro atoms. The fourth-order valence-corrected chi connectivity index (χ4v) is 6.12. The molecule has 1 unspecified atom stereocenters. The van der Waals surface area contributed by atoms with E-state index in [0.29, 0.717) is 22.5 Å². The first-order chi connectivity index (χ1) is 11.1. The van der Waals surface area contributed by atoms with Gasteiger partial charge >= 0.3 is 0 Å². The minimum Gasteiger partial charge on any atom is -0.342 e. The van der Waals surface area contributed by atoms with Crippen molar-refractivity contribution in [3.05, 3.63) is 10.6 Å². The summed E-state index contributed by atoms with van der Waals surface area (Å²) >= 11 is 5.23. The molecule has 0 aromatic carbocycles. The molecule has 1 N–H and O–H groups in total. The van der Waals surface area contributed by atoms with Gasteiger partial charge in [0.25, 0.3) is 0 Å². The van der Waals surface area contributed by atoms with Gasteiger partial charge in [-0.2, -0.15) is 5.10 Å². The van der Waals surface area contributed by atoms with Crippen molar-refractivity contribution in [2.45, 2.75) is 38.0 Å². The van der Waals surface area contributed by atoms with Gasteiger partial charge in [0, 0.05) is 32.0 Å². The van der Waals surface area contributed by atoms with E-state index >= 15 is 0 Å². The van der Waals surface area contributed by atoms with E-state index in [0.717, 1.165) is 55.4 Å². The van der Waals surface area contributed by atoms with Crippen molar-refractivity contribution in [2.75, 3.05) is 13.1 Å². The second kappa shape index (κ2) is 4.91. The first kappa shape index (κ1) is 14.2. The fraction of sp³-hybridized carbons (Fsp3) is 0.824. The number of hydrogen-bond acceptors (Lipinski definition) is 3. The second-order valence-corrected chi connectivity index (χ2v) is 8.47. The molecule has 3 saturated carbocycles. The fourth-order valence-electron chi connectivity index (χ4n) is 5.98. The highest BCUT2D eigenvalue weighted by Crippen LogP contribution is 2.69. The number of fused-ring (bicyclic) bond motifs is 5. The number of carbonyl (C=O) groups excluding carboxylic acids is 1. The zero-order valence-electron chi connectivity index (χ0n) is 13.6. The summed E-state index contributed by atoms with van der Waals surface area (Å²) in [7, 11) is 1.96. The van der Waals surface area contributed by atoms with E-state index in [1.165, 1.54) is 19.3 Å². The summed E-state index contributed by atoms with van der Waals surface area (Å²) in [5.74, 6) is 5.34. The van der Waals surface area contributed by atoms with Gasteiger partial charge in [0.15, 0.2) is 4.77 Å². The third kappa shape index (κ3) is 2.00. The number of carbonyl (C=O) groups is 1. The number of rotatable bonds is 2. The summed E-state index contributed by atoms with van der Waals surface area (Å²) in [6.07, 6.45) is 6.34. The van der Waals surface area contributed by atoms with E-state index < -0.39 is 0 Å². The molecule has 1 saturated heterocycles. The highest BCUT2D eigenvalue weighted by atomic mass is 32.1. The van der Waals surface area contributed by atoms with Crippen molar-refractivity contribution in [3.8, 4) is 0 Å². The zero-order chi connectivity index (χ0) is 15.7. The van der Waals surface area contributed by atoms with Crippen molar-refractivity contribution in [1.29, 1.82) is 0 Å². The molecule has 23 heavy (non-hydrogen) atoms. The number of amides is 1. The highest BCUT2D eigenvalue weighted by molar-refractivity contribution is 7.71. The Labute approximate surface area is 141 Å². The molecule has 4 aliphatic rings. The molecule has 1 aliphatic heterocycles. The summed E-state index contributed by atoms with van der Waals surface area (Å²) in [5.41, 5.74) is 0. The van der Waals surface area contributed by atoms with Crippen molar-refractivity contribution in [3.63, 3.8) is 0 Å². The molecular weight excluding hydrogens is 308 g/mol. The number of nitrogens with zero attached hydrogens (tertiary/aromatic N) is 3. The summed E-state index contributed by atoms with van der Waals surface area (Å²) in [5, 5.41) is 7.27. The lowest BCUT2D eigenvalue weighted by Gasteiger charge is -2.33. The molecule has 6 heteroatoms. The Morgan fingerprint density at radius 3 is 2.65 bits per heavy atom. The van der Waals surface area contributed by atoms with Gasteiger partial charge in [-0.15, -0.1) is 0 Å². The van der Waals surface area contributed by atoms with Crippen LogP contribution in [-0.4, -0.2) is 38.7 Å². The molecule has 3 aliphatic carbocycles. The Morgan fingerprint density at radius 2 is 2.00 bits per heavy atom. The summed E-state index contributed by atoms with van der Waals surface area (Å²) < 4.78 is 2.62. The van der Waals surface area contributed by atoms with E-state index in [-0.39, 0.29) is 0 Å². The molecule has 2 heterocycles. The third-order valence-corrected chi connectivity index (χ3v) is 7.40. The van der Waals surface area contributed by atoms with Crippen molar-refractivity contribution < 1.29 is 4.79 Å². The molecule has 4 fully saturated rings. The minimum atomic E-state index is 0.320. The van der Waals surface area contributed by atoms with Crippen LogP contribution in [0.5, 0.6) is 0 Å². The molecule has 0 radical (unpaired) electrons. The van der Waals surface area contributed by atoms with Crippen LogP contribution in [0.25, 0.3) is 0 Å². The Morgan fingerprint density at radius 1 is 1.26 bits per heavy atom. The van der Waals surface area contributed by atoms with Gasteiger partial charge in [0.1, 0.15) is 5.82 Å². The van der Waals surface area contributed by atoms with Gasteiger partial charge in [-0.3, -0.25) is 9.89 Å². The second-order valence-electron chi connectivity index (χ2n) is 8.08. The van der Waals surface area contributed by atoms with Gasteiger partial charge < -0.3 is 9.47 Å². The van der Waals surface area contributed by atoms with Crippen molar-refractivity contribution in [2.24, 2.45) is 36.6 Å². The van der Waals surface area contributed by atoms with Gasteiger partial charge in [0.2, 0.25) is 5.91 Å². The number of aromatic amines is 1. The largest absolute Gasteiger partial charge is 0.342 e. The number of aromatic nitrogens is 3. The van der Waals surface area contributed by atoms with Crippen LogP contribution in [0.15, 0.2) is 0 Å².